The van der Waals surface area contributed by atoms with E-state index < -0.39 is 0 Å². The minimum atomic E-state index is -0.197. The molecule has 1 N–H and O–H groups in total. The van der Waals surface area contributed by atoms with Gasteiger partial charge in [-0.15, -0.1) is 0 Å². The Morgan fingerprint density at radius 2 is 1.67 bits per heavy atom. The monoisotopic (exact) mass is 527 g/mol. The average molecular weight is 528 g/mol. The highest BCUT2D eigenvalue weighted by atomic mass is 16.6. The summed E-state index contributed by atoms with van der Waals surface area (Å²) in [5.74, 6) is 1.11. The van der Waals surface area contributed by atoms with Crippen LogP contribution in [0.3, 0.4) is 0 Å². The van der Waals surface area contributed by atoms with Gasteiger partial charge in [-0.05, 0) is 36.0 Å². The predicted octanol–water partition coefficient (Wildman–Crippen LogP) is 5.52. The molecule has 0 aromatic heterocycles. The van der Waals surface area contributed by atoms with Gasteiger partial charge in [0.15, 0.2) is 12.0 Å². The third kappa shape index (κ3) is 7.62. The van der Waals surface area contributed by atoms with E-state index in [0.717, 1.165) is 57.7 Å². The molecule has 1 aliphatic carbocycles. The second-order valence-corrected chi connectivity index (χ2v) is 9.89. The van der Waals surface area contributed by atoms with Crippen LogP contribution in [0.25, 0.3) is 0 Å². The zero-order valence-corrected chi connectivity index (χ0v) is 22.3. The number of nitrogens with one attached hydrogen (secondary N) is 1. The maximum atomic E-state index is 13.6. The van der Waals surface area contributed by atoms with E-state index in [9.17, 15) is 4.79 Å². The molecule has 0 bridgehead atoms. The first-order valence-corrected chi connectivity index (χ1v) is 13.8. The number of nitrogens with zero attached hydrogens (tertiary/aromatic N) is 2. The summed E-state index contributed by atoms with van der Waals surface area (Å²) in [6, 6.07) is 20.8. The first-order valence-electron chi connectivity index (χ1n) is 13.8. The number of morpholine rings is 1. The van der Waals surface area contributed by atoms with Crippen LogP contribution in [-0.2, 0) is 14.2 Å². The zero-order chi connectivity index (χ0) is 26.7. The van der Waals surface area contributed by atoms with Crippen LogP contribution >= 0.6 is 0 Å². The molecule has 7 heteroatoms. The number of carbonyl (C=O) groups is 1. The molecule has 0 saturated carbocycles. The summed E-state index contributed by atoms with van der Waals surface area (Å²) in [5.41, 5.74) is 3.54. The smallest absolute Gasteiger partial charge is 0.324 e. The molecule has 2 aliphatic heterocycles. The molecular weight excluding hydrogens is 490 g/mol. The van der Waals surface area contributed by atoms with Crippen molar-refractivity contribution < 1.29 is 19.0 Å². The number of amides is 2. The molecular formula is C32H37N3O4. The fraction of sp³-hybridized carbons (Fsp3) is 0.344. The number of benzene rings is 2. The van der Waals surface area contributed by atoms with E-state index in [0.29, 0.717) is 24.7 Å². The van der Waals surface area contributed by atoms with E-state index in [2.05, 4.69) is 64.8 Å². The van der Waals surface area contributed by atoms with E-state index in [-0.39, 0.29) is 11.9 Å². The lowest BCUT2D eigenvalue weighted by molar-refractivity contribution is 0.0348. The molecule has 2 amide bonds. The second kappa shape index (κ2) is 13.8. The average Bonchev–Trinajstić information content (AvgIpc) is 3.01. The molecule has 0 spiro atoms. The molecule has 2 aromatic carbocycles. The van der Waals surface area contributed by atoms with E-state index in [1.165, 1.54) is 17.4 Å². The Hall–Kier alpha value is -3.81. The van der Waals surface area contributed by atoms with Gasteiger partial charge in [0.1, 0.15) is 6.26 Å². The molecule has 0 unspecified atom stereocenters. The van der Waals surface area contributed by atoms with Gasteiger partial charge in [0.05, 0.1) is 13.2 Å². The molecule has 39 heavy (non-hydrogen) atoms. The quantitative estimate of drug-likeness (QED) is 0.441. The van der Waals surface area contributed by atoms with E-state index in [4.69, 9.17) is 14.2 Å². The van der Waals surface area contributed by atoms with Gasteiger partial charge < -0.3 is 19.1 Å². The van der Waals surface area contributed by atoms with E-state index in [1.54, 1.807) is 6.26 Å². The van der Waals surface area contributed by atoms with Crippen LogP contribution in [0.2, 0.25) is 0 Å². The summed E-state index contributed by atoms with van der Waals surface area (Å²) in [5, 5.41) is 2.95. The molecule has 1 saturated heterocycles. The van der Waals surface area contributed by atoms with Crippen molar-refractivity contribution in [3.63, 3.8) is 0 Å². The summed E-state index contributed by atoms with van der Waals surface area (Å²) >= 11 is 0. The lowest BCUT2D eigenvalue weighted by atomic mass is 9.88. The number of ether oxygens (including phenoxy) is 3. The van der Waals surface area contributed by atoms with Crippen molar-refractivity contribution in [2.45, 2.75) is 25.2 Å². The van der Waals surface area contributed by atoms with E-state index in [1.807, 2.05) is 29.2 Å². The van der Waals surface area contributed by atoms with Gasteiger partial charge in [0, 0.05) is 38.6 Å². The van der Waals surface area contributed by atoms with Gasteiger partial charge in [-0.2, -0.15) is 0 Å². The molecule has 0 atom stereocenters. The molecule has 204 valence electrons. The minimum absolute atomic E-state index is 0.181. The number of rotatable bonds is 10. The molecule has 5 rings (SSSR count). The van der Waals surface area contributed by atoms with Crippen molar-refractivity contribution in [1.29, 1.82) is 0 Å². The van der Waals surface area contributed by atoms with Crippen molar-refractivity contribution >= 4 is 6.03 Å². The van der Waals surface area contributed by atoms with Gasteiger partial charge in [-0.3, -0.25) is 10.2 Å². The van der Waals surface area contributed by atoms with Crippen LogP contribution in [0.5, 0.6) is 0 Å². The minimum Gasteiger partial charge on any atom is -0.463 e. The summed E-state index contributed by atoms with van der Waals surface area (Å²) in [6.07, 6.45) is 11.8. The Balaban J connectivity index is 1.27. The fourth-order valence-corrected chi connectivity index (χ4v) is 5.10. The number of hydrogen-bond acceptors (Lipinski definition) is 5. The number of hydrogen-bond donors (Lipinski definition) is 1. The Morgan fingerprint density at radius 3 is 2.33 bits per heavy atom. The predicted molar refractivity (Wildman–Crippen MR) is 152 cm³/mol. The SMILES string of the molecule is O=C(NC1=COC=C(C2=CC=CCC2)O1)N(CCC(c1ccccc1)c1ccccc1)CCN1CCOCC1. The number of urea groups is 1. The van der Waals surface area contributed by atoms with Gasteiger partial charge in [-0.25, -0.2) is 4.79 Å². The first kappa shape index (κ1) is 26.8. The Kier molecular flexibility index (Phi) is 9.50. The zero-order valence-electron chi connectivity index (χ0n) is 22.3. The van der Waals surface area contributed by atoms with Crippen LogP contribution in [0, 0.1) is 0 Å². The van der Waals surface area contributed by atoms with Crippen LogP contribution < -0.4 is 5.32 Å². The number of carbonyl (C=O) groups excluding carboxylic acids is 1. The summed E-state index contributed by atoms with van der Waals surface area (Å²) in [4.78, 5) is 17.8. The standard InChI is InChI=1S/C32H37N3O4/c36-32(33-31-25-38-24-30(39-31)28-14-8-3-9-15-28)35(19-18-34-20-22-37-23-21-34)17-16-29(26-10-4-1-5-11-26)27-12-6-2-7-13-27/h1-8,10-14,24-25,29H,9,15-23H2,(H,33,36). The van der Waals surface area contributed by atoms with Crippen molar-refractivity contribution in [3.05, 3.63) is 120 Å². The van der Waals surface area contributed by atoms with E-state index >= 15 is 0 Å². The largest absolute Gasteiger partial charge is 0.463 e. The van der Waals surface area contributed by atoms with Gasteiger partial charge in [0.2, 0.25) is 5.88 Å². The molecule has 3 aliphatic rings. The Bertz CT molecular complexity index is 1160. The summed E-state index contributed by atoms with van der Waals surface area (Å²) in [7, 11) is 0. The van der Waals surface area contributed by atoms with Gasteiger partial charge in [-0.1, -0.05) is 78.9 Å². The Morgan fingerprint density at radius 1 is 0.949 bits per heavy atom. The maximum absolute atomic E-state index is 13.6. The van der Waals surface area contributed by atoms with Crippen molar-refractivity contribution in [3.8, 4) is 0 Å². The molecule has 0 radical (unpaired) electrons. The van der Waals surface area contributed by atoms with Crippen LogP contribution in [0.15, 0.2) is 109 Å². The van der Waals surface area contributed by atoms with Crippen LogP contribution in [0.4, 0.5) is 4.79 Å². The number of allylic oxidation sites excluding steroid dienone is 4. The summed E-state index contributed by atoms with van der Waals surface area (Å²) < 4.78 is 17.0. The highest BCUT2D eigenvalue weighted by Gasteiger charge is 2.23. The highest BCUT2D eigenvalue weighted by molar-refractivity contribution is 5.75. The normalized spacial score (nSPS) is 17.4. The van der Waals surface area contributed by atoms with Crippen molar-refractivity contribution in [1.82, 2.24) is 15.1 Å². The lowest BCUT2D eigenvalue weighted by Gasteiger charge is -2.31. The van der Waals surface area contributed by atoms with Crippen molar-refractivity contribution in [2.24, 2.45) is 0 Å². The third-order valence-electron chi connectivity index (χ3n) is 7.30. The molecule has 2 heterocycles. The van der Waals surface area contributed by atoms with Crippen molar-refractivity contribution in [2.75, 3.05) is 45.9 Å². The fourth-order valence-electron chi connectivity index (χ4n) is 5.10. The summed E-state index contributed by atoms with van der Waals surface area (Å²) in [6.45, 7) is 5.21. The lowest BCUT2D eigenvalue weighted by Crippen LogP contribution is -2.46. The third-order valence-corrected chi connectivity index (χ3v) is 7.30. The van der Waals surface area contributed by atoms with Gasteiger partial charge >= 0.3 is 6.03 Å². The molecule has 1 fully saturated rings. The topological polar surface area (TPSA) is 63.3 Å². The van der Waals surface area contributed by atoms with Crippen LogP contribution in [-0.4, -0.2) is 61.8 Å². The second-order valence-electron chi connectivity index (χ2n) is 9.89. The Labute approximate surface area is 231 Å². The molecule has 2 aromatic rings. The maximum Gasteiger partial charge on any atom is 0.324 e. The van der Waals surface area contributed by atoms with Gasteiger partial charge in [0.25, 0.3) is 0 Å². The molecule has 7 nitrogen and oxygen atoms in total. The first-order chi connectivity index (χ1) is 19.3. The van der Waals surface area contributed by atoms with Crippen LogP contribution in [0.1, 0.15) is 36.3 Å². The highest BCUT2D eigenvalue weighted by Crippen LogP contribution is 2.29.